The number of amides is 1. The fourth-order valence-corrected chi connectivity index (χ4v) is 1.95. The van der Waals surface area contributed by atoms with E-state index in [1.54, 1.807) is 50.2 Å². The highest BCUT2D eigenvalue weighted by atomic mass is 19.1. The number of rotatable bonds is 6. The lowest BCUT2D eigenvalue weighted by molar-refractivity contribution is -0.114. The summed E-state index contributed by atoms with van der Waals surface area (Å²) in [5.41, 5.74) is 1.24. The van der Waals surface area contributed by atoms with Crippen LogP contribution in [0, 0.1) is 5.82 Å². The first-order chi connectivity index (χ1) is 11.5. The molecule has 2 aromatic carbocycles. The van der Waals surface area contributed by atoms with Gasteiger partial charge in [-0.1, -0.05) is 12.1 Å². The lowest BCUT2D eigenvalue weighted by Gasteiger charge is -2.10. The van der Waals surface area contributed by atoms with Crippen molar-refractivity contribution in [3.63, 3.8) is 0 Å². The molecular weight excluding hydrogens is 311 g/mol. The summed E-state index contributed by atoms with van der Waals surface area (Å²) >= 11 is 0. The van der Waals surface area contributed by atoms with Crippen molar-refractivity contribution < 1.29 is 18.7 Å². The molecule has 0 saturated heterocycles. The van der Waals surface area contributed by atoms with Crippen LogP contribution < -0.4 is 10.6 Å². The summed E-state index contributed by atoms with van der Waals surface area (Å²) in [6.45, 7) is 3.54. The van der Waals surface area contributed by atoms with Crippen LogP contribution in [0.2, 0.25) is 0 Å². The number of carbonyl (C=O) groups excluding carboxylic acids is 2. The number of hydrogen-bond donors (Lipinski definition) is 2. The van der Waals surface area contributed by atoms with Gasteiger partial charge in [-0.05, 0) is 50.2 Å². The molecule has 0 aromatic heterocycles. The molecule has 0 aliphatic carbocycles. The smallest absolute Gasteiger partial charge is 0.338 e. The van der Waals surface area contributed by atoms with Gasteiger partial charge in [-0.3, -0.25) is 4.79 Å². The molecule has 0 heterocycles. The maximum atomic E-state index is 13.4. The van der Waals surface area contributed by atoms with Gasteiger partial charge in [0.15, 0.2) is 0 Å². The molecule has 2 N–H and O–H groups in total. The molecule has 0 aliphatic heterocycles. The van der Waals surface area contributed by atoms with E-state index in [1.807, 2.05) is 0 Å². The molecule has 0 atom stereocenters. The van der Waals surface area contributed by atoms with E-state index in [2.05, 4.69) is 10.6 Å². The van der Waals surface area contributed by atoms with Crippen molar-refractivity contribution in [2.45, 2.75) is 20.0 Å². The summed E-state index contributed by atoms with van der Waals surface area (Å²) in [6, 6.07) is 12.5. The highest BCUT2D eigenvalue weighted by Crippen LogP contribution is 2.13. The molecule has 6 heteroatoms. The number of anilines is 2. The van der Waals surface area contributed by atoms with Gasteiger partial charge in [-0.2, -0.15) is 0 Å². The molecule has 1 amide bonds. The zero-order valence-electron chi connectivity index (χ0n) is 13.5. The van der Waals surface area contributed by atoms with Crippen LogP contribution in [0.3, 0.4) is 0 Å². The summed E-state index contributed by atoms with van der Waals surface area (Å²) in [7, 11) is 0. The average Bonchev–Trinajstić information content (AvgIpc) is 2.55. The summed E-state index contributed by atoms with van der Waals surface area (Å²) in [5, 5.41) is 5.39. The molecule has 2 rings (SSSR count). The lowest BCUT2D eigenvalue weighted by atomic mass is 10.2. The second-order valence-corrected chi connectivity index (χ2v) is 5.41. The van der Waals surface area contributed by atoms with Gasteiger partial charge in [0.25, 0.3) is 0 Å². The van der Waals surface area contributed by atoms with Crippen molar-refractivity contribution in [2.75, 3.05) is 17.2 Å². The summed E-state index contributed by atoms with van der Waals surface area (Å²) in [5.74, 6) is -1.25. The van der Waals surface area contributed by atoms with Gasteiger partial charge in [-0.15, -0.1) is 0 Å². The largest absolute Gasteiger partial charge is 0.459 e. The van der Waals surface area contributed by atoms with E-state index in [0.29, 0.717) is 11.3 Å². The number of hydrogen-bond acceptors (Lipinski definition) is 4. The standard InChI is InChI=1S/C18H19FN2O3/c1-12(2)24-18(23)13-7-9-14(10-8-13)20-11-17(22)21-16-6-4-3-5-15(16)19/h3-10,12,20H,11H2,1-2H3,(H,21,22). The zero-order valence-corrected chi connectivity index (χ0v) is 13.5. The maximum Gasteiger partial charge on any atom is 0.338 e. The molecule has 24 heavy (non-hydrogen) atoms. The third kappa shape index (κ3) is 5.08. The Hall–Kier alpha value is -2.89. The van der Waals surface area contributed by atoms with Crippen LogP contribution in [0.1, 0.15) is 24.2 Å². The summed E-state index contributed by atoms with van der Waals surface area (Å²) < 4.78 is 18.5. The maximum absolute atomic E-state index is 13.4. The van der Waals surface area contributed by atoms with Gasteiger partial charge in [-0.25, -0.2) is 9.18 Å². The van der Waals surface area contributed by atoms with Crippen LogP contribution in [-0.2, 0) is 9.53 Å². The van der Waals surface area contributed by atoms with E-state index in [-0.39, 0.29) is 24.2 Å². The molecule has 126 valence electrons. The number of halogens is 1. The van der Waals surface area contributed by atoms with Crippen LogP contribution in [0.25, 0.3) is 0 Å². The second-order valence-electron chi connectivity index (χ2n) is 5.41. The van der Waals surface area contributed by atoms with Crippen LogP contribution in [0.4, 0.5) is 15.8 Å². The van der Waals surface area contributed by atoms with Crippen LogP contribution in [-0.4, -0.2) is 24.5 Å². The molecule has 0 radical (unpaired) electrons. The van der Waals surface area contributed by atoms with E-state index in [9.17, 15) is 14.0 Å². The van der Waals surface area contributed by atoms with Crippen LogP contribution in [0.5, 0.6) is 0 Å². The highest BCUT2D eigenvalue weighted by molar-refractivity contribution is 5.94. The van der Waals surface area contributed by atoms with Crippen molar-refractivity contribution in [1.82, 2.24) is 0 Å². The Morgan fingerprint density at radius 1 is 1.08 bits per heavy atom. The third-order valence-electron chi connectivity index (χ3n) is 3.06. The molecule has 5 nitrogen and oxygen atoms in total. The molecule has 0 unspecified atom stereocenters. The van der Waals surface area contributed by atoms with E-state index < -0.39 is 11.8 Å². The SMILES string of the molecule is CC(C)OC(=O)c1ccc(NCC(=O)Nc2ccccc2F)cc1. The Bertz CT molecular complexity index is 714. The van der Waals surface area contributed by atoms with Gasteiger partial charge in [0.2, 0.25) is 5.91 Å². The molecular formula is C18H19FN2O3. The van der Waals surface area contributed by atoms with Crippen molar-refractivity contribution in [2.24, 2.45) is 0 Å². The Morgan fingerprint density at radius 2 is 1.75 bits per heavy atom. The minimum absolute atomic E-state index is 0.0237. The van der Waals surface area contributed by atoms with Crippen molar-refractivity contribution in [1.29, 1.82) is 0 Å². The fourth-order valence-electron chi connectivity index (χ4n) is 1.95. The van der Waals surface area contributed by atoms with Crippen molar-refractivity contribution >= 4 is 23.3 Å². The lowest BCUT2D eigenvalue weighted by Crippen LogP contribution is -2.22. The predicted molar refractivity (Wildman–Crippen MR) is 90.5 cm³/mol. The van der Waals surface area contributed by atoms with Gasteiger partial charge >= 0.3 is 5.97 Å². The van der Waals surface area contributed by atoms with E-state index in [1.165, 1.54) is 12.1 Å². The first-order valence-electron chi connectivity index (χ1n) is 7.55. The van der Waals surface area contributed by atoms with Gasteiger partial charge in [0.05, 0.1) is 23.9 Å². The quantitative estimate of drug-likeness (QED) is 0.796. The monoisotopic (exact) mass is 330 g/mol. The van der Waals surface area contributed by atoms with Crippen LogP contribution >= 0.6 is 0 Å². The van der Waals surface area contributed by atoms with Gasteiger partial charge in [0.1, 0.15) is 5.82 Å². The summed E-state index contributed by atoms with van der Waals surface area (Å²) in [4.78, 5) is 23.5. The first-order valence-corrected chi connectivity index (χ1v) is 7.55. The molecule has 0 spiro atoms. The molecule has 0 bridgehead atoms. The average molecular weight is 330 g/mol. The zero-order chi connectivity index (χ0) is 17.5. The molecule has 0 saturated carbocycles. The molecule has 2 aromatic rings. The summed E-state index contributed by atoms with van der Waals surface area (Å²) in [6.07, 6.45) is -0.183. The Kier molecular flexibility index (Phi) is 5.89. The molecule has 0 fully saturated rings. The minimum atomic E-state index is -0.487. The van der Waals surface area contributed by atoms with E-state index in [0.717, 1.165) is 0 Å². The number of benzene rings is 2. The fraction of sp³-hybridized carbons (Fsp3) is 0.222. The predicted octanol–water partition coefficient (Wildman–Crippen LogP) is 3.44. The van der Waals surface area contributed by atoms with Crippen molar-refractivity contribution in [3.8, 4) is 0 Å². The van der Waals surface area contributed by atoms with E-state index >= 15 is 0 Å². The van der Waals surface area contributed by atoms with E-state index in [4.69, 9.17) is 4.74 Å². The topological polar surface area (TPSA) is 67.4 Å². The Labute approximate surface area is 139 Å². The Balaban J connectivity index is 1.87. The van der Waals surface area contributed by atoms with Crippen molar-refractivity contribution in [3.05, 3.63) is 59.9 Å². The number of esters is 1. The highest BCUT2D eigenvalue weighted by Gasteiger charge is 2.09. The van der Waals surface area contributed by atoms with Gasteiger partial charge in [0, 0.05) is 5.69 Å². The number of ether oxygens (including phenoxy) is 1. The minimum Gasteiger partial charge on any atom is -0.459 e. The van der Waals surface area contributed by atoms with Crippen LogP contribution in [0.15, 0.2) is 48.5 Å². The second kappa shape index (κ2) is 8.10. The van der Waals surface area contributed by atoms with Gasteiger partial charge < -0.3 is 15.4 Å². The number of nitrogens with one attached hydrogen (secondary N) is 2. The first kappa shape index (κ1) is 17.5. The number of carbonyl (C=O) groups is 2. The third-order valence-corrected chi connectivity index (χ3v) is 3.06. The normalized spacial score (nSPS) is 10.3. The number of para-hydroxylation sites is 1. The Morgan fingerprint density at radius 3 is 2.38 bits per heavy atom. The molecule has 0 aliphatic rings.